The van der Waals surface area contributed by atoms with E-state index in [9.17, 15) is 9.90 Å². The van der Waals surface area contributed by atoms with E-state index in [0.717, 1.165) is 29.9 Å². The molecule has 2 rings (SSSR count). The largest absolute Gasteiger partial charge is 0.388 e. The molecule has 1 amide bonds. The third kappa shape index (κ3) is 5.37. The van der Waals surface area contributed by atoms with Crippen LogP contribution in [-0.2, 0) is 11.2 Å². The number of thioether (sulfide) groups is 1. The van der Waals surface area contributed by atoms with E-state index in [1.54, 1.807) is 12.1 Å². The van der Waals surface area contributed by atoms with Crippen molar-refractivity contribution >= 4 is 40.9 Å². The molecule has 1 aromatic carbocycles. The van der Waals surface area contributed by atoms with E-state index in [1.807, 2.05) is 17.8 Å². The van der Waals surface area contributed by atoms with Crippen molar-refractivity contribution in [2.75, 3.05) is 18.1 Å². The number of rotatable bonds is 5. The molecule has 116 valence electrons. The fourth-order valence-corrected chi connectivity index (χ4v) is 3.81. The summed E-state index contributed by atoms with van der Waals surface area (Å²) in [6, 6.07) is 5.38. The third-order valence-electron chi connectivity index (χ3n) is 3.66. The average molecular weight is 348 g/mol. The van der Waals surface area contributed by atoms with Gasteiger partial charge < -0.3 is 10.4 Å². The zero-order valence-corrected chi connectivity index (χ0v) is 14.0. The zero-order valence-electron chi connectivity index (χ0n) is 11.7. The van der Waals surface area contributed by atoms with Crippen LogP contribution in [0.4, 0.5) is 0 Å². The Bertz CT molecular complexity index is 504. The molecule has 1 aliphatic rings. The molecule has 0 aromatic heterocycles. The number of carbonyl (C=O) groups is 1. The molecule has 0 aliphatic carbocycles. The van der Waals surface area contributed by atoms with Crippen LogP contribution in [0.3, 0.4) is 0 Å². The van der Waals surface area contributed by atoms with Crippen LogP contribution in [0.1, 0.15) is 24.8 Å². The van der Waals surface area contributed by atoms with Gasteiger partial charge >= 0.3 is 0 Å². The number of hydrogen-bond donors (Lipinski definition) is 2. The van der Waals surface area contributed by atoms with Crippen LogP contribution in [0.15, 0.2) is 18.2 Å². The minimum Gasteiger partial charge on any atom is -0.388 e. The summed E-state index contributed by atoms with van der Waals surface area (Å²) >= 11 is 13.6. The maximum absolute atomic E-state index is 11.9. The minimum absolute atomic E-state index is 0.0484. The summed E-state index contributed by atoms with van der Waals surface area (Å²) in [5, 5.41) is 14.2. The number of hydrogen-bond acceptors (Lipinski definition) is 3. The van der Waals surface area contributed by atoms with Crippen LogP contribution < -0.4 is 5.32 Å². The predicted molar refractivity (Wildman–Crippen MR) is 89.3 cm³/mol. The number of aryl methyl sites for hydroxylation is 1. The van der Waals surface area contributed by atoms with Gasteiger partial charge in [0, 0.05) is 13.0 Å². The van der Waals surface area contributed by atoms with Gasteiger partial charge in [-0.05, 0) is 48.5 Å². The van der Waals surface area contributed by atoms with Gasteiger partial charge in [0.25, 0.3) is 0 Å². The van der Waals surface area contributed by atoms with E-state index in [4.69, 9.17) is 23.2 Å². The van der Waals surface area contributed by atoms with Crippen molar-refractivity contribution in [3.05, 3.63) is 33.8 Å². The van der Waals surface area contributed by atoms with Gasteiger partial charge in [-0.3, -0.25) is 4.79 Å². The summed E-state index contributed by atoms with van der Waals surface area (Å²) in [6.07, 6.45) is 2.47. The van der Waals surface area contributed by atoms with Gasteiger partial charge in [-0.25, -0.2) is 0 Å². The maximum atomic E-state index is 11.9. The van der Waals surface area contributed by atoms with Gasteiger partial charge in [0.15, 0.2) is 0 Å². The topological polar surface area (TPSA) is 49.3 Å². The highest BCUT2D eigenvalue weighted by Gasteiger charge is 2.29. The molecule has 3 nitrogen and oxygen atoms in total. The van der Waals surface area contributed by atoms with Crippen molar-refractivity contribution in [2.24, 2.45) is 0 Å². The zero-order chi connectivity index (χ0) is 15.3. The molecule has 0 spiro atoms. The molecule has 6 heteroatoms. The Hall–Kier alpha value is -0.420. The first kappa shape index (κ1) is 16.9. The van der Waals surface area contributed by atoms with E-state index in [0.29, 0.717) is 29.4 Å². The summed E-state index contributed by atoms with van der Waals surface area (Å²) in [5.41, 5.74) is 0.247. The third-order valence-corrected chi connectivity index (χ3v) is 5.39. The molecule has 2 N–H and O–H groups in total. The van der Waals surface area contributed by atoms with Crippen LogP contribution in [0, 0.1) is 0 Å². The molecule has 1 aromatic rings. The van der Waals surface area contributed by atoms with Gasteiger partial charge in [-0.15, -0.1) is 0 Å². The van der Waals surface area contributed by atoms with Gasteiger partial charge in [-0.2, -0.15) is 11.8 Å². The van der Waals surface area contributed by atoms with Crippen LogP contribution in [0.5, 0.6) is 0 Å². The fourth-order valence-electron chi connectivity index (χ4n) is 2.23. The SMILES string of the molecule is O=C(CCc1ccc(Cl)c(Cl)c1)NCC1(O)CCSCC1. The number of benzene rings is 1. The lowest BCUT2D eigenvalue weighted by Crippen LogP contribution is -2.45. The first-order chi connectivity index (χ1) is 9.98. The first-order valence-corrected chi connectivity index (χ1v) is 8.90. The van der Waals surface area contributed by atoms with Crippen LogP contribution in [0.2, 0.25) is 10.0 Å². The molecule has 0 radical (unpaired) electrons. The quantitative estimate of drug-likeness (QED) is 0.858. The molecule has 0 saturated carbocycles. The lowest BCUT2D eigenvalue weighted by atomic mass is 9.97. The second-order valence-electron chi connectivity index (χ2n) is 5.36. The second-order valence-corrected chi connectivity index (χ2v) is 7.40. The van der Waals surface area contributed by atoms with Crippen LogP contribution >= 0.6 is 35.0 Å². The highest BCUT2D eigenvalue weighted by atomic mass is 35.5. The average Bonchev–Trinajstić information content (AvgIpc) is 2.47. The highest BCUT2D eigenvalue weighted by Crippen LogP contribution is 2.26. The lowest BCUT2D eigenvalue weighted by molar-refractivity contribution is -0.122. The first-order valence-electron chi connectivity index (χ1n) is 6.99. The molecular formula is C15H19Cl2NO2S. The Morgan fingerprint density at radius 3 is 2.67 bits per heavy atom. The van der Waals surface area contributed by atoms with E-state index < -0.39 is 5.60 Å². The molecule has 1 aliphatic heterocycles. The van der Waals surface area contributed by atoms with Crippen molar-refractivity contribution in [3.63, 3.8) is 0 Å². The van der Waals surface area contributed by atoms with Crippen molar-refractivity contribution in [3.8, 4) is 0 Å². The van der Waals surface area contributed by atoms with Gasteiger partial charge in [0.2, 0.25) is 5.91 Å². The standard InChI is InChI=1S/C15H19Cl2NO2S/c16-12-3-1-11(9-13(12)17)2-4-14(19)18-10-15(20)5-7-21-8-6-15/h1,3,9,20H,2,4-8,10H2,(H,18,19). The van der Waals surface area contributed by atoms with E-state index in [-0.39, 0.29) is 5.91 Å². The normalized spacial score (nSPS) is 17.5. The Kier molecular flexibility index (Phi) is 6.23. The smallest absolute Gasteiger partial charge is 0.220 e. The maximum Gasteiger partial charge on any atom is 0.220 e. The molecule has 1 saturated heterocycles. The van der Waals surface area contributed by atoms with Gasteiger partial charge in [0.05, 0.1) is 15.6 Å². The van der Waals surface area contributed by atoms with Crippen LogP contribution in [0.25, 0.3) is 0 Å². The predicted octanol–water partition coefficient (Wildman–Crippen LogP) is 3.30. The van der Waals surface area contributed by atoms with Crippen molar-refractivity contribution < 1.29 is 9.90 Å². The molecule has 1 heterocycles. The van der Waals surface area contributed by atoms with Crippen LogP contribution in [-0.4, -0.2) is 34.7 Å². The van der Waals surface area contributed by atoms with Crippen molar-refractivity contribution in [1.82, 2.24) is 5.32 Å². The van der Waals surface area contributed by atoms with E-state index in [2.05, 4.69) is 5.32 Å². The Morgan fingerprint density at radius 1 is 1.29 bits per heavy atom. The number of halogens is 2. The molecule has 21 heavy (non-hydrogen) atoms. The van der Waals surface area contributed by atoms with E-state index in [1.165, 1.54) is 0 Å². The summed E-state index contributed by atoms with van der Waals surface area (Å²) in [6.45, 7) is 0.341. The summed E-state index contributed by atoms with van der Waals surface area (Å²) in [7, 11) is 0. The monoisotopic (exact) mass is 347 g/mol. The number of amides is 1. The summed E-state index contributed by atoms with van der Waals surface area (Å²) < 4.78 is 0. The molecule has 0 unspecified atom stereocenters. The van der Waals surface area contributed by atoms with E-state index >= 15 is 0 Å². The van der Waals surface area contributed by atoms with Gasteiger partial charge in [0.1, 0.15) is 0 Å². The summed E-state index contributed by atoms with van der Waals surface area (Å²) in [4.78, 5) is 11.9. The minimum atomic E-state index is -0.732. The number of nitrogens with one attached hydrogen (secondary N) is 1. The Morgan fingerprint density at radius 2 is 2.00 bits per heavy atom. The second kappa shape index (κ2) is 7.73. The Balaban J connectivity index is 1.75. The molecular weight excluding hydrogens is 329 g/mol. The fraction of sp³-hybridized carbons (Fsp3) is 0.533. The molecule has 1 fully saturated rings. The number of carbonyl (C=O) groups excluding carboxylic acids is 1. The highest BCUT2D eigenvalue weighted by molar-refractivity contribution is 7.99. The Labute approximate surface area is 139 Å². The number of aliphatic hydroxyl groups is 1. The molecule has 0 bridgehead atoms. The van der Waals surface area contributed by atoms with Crippen molar-refractivity contribution in [1.29, 1.82) is 0 Å². The summed E-state index contributed by atoms with van der Waals surface area (Å²) in [5.74, 6) is 1.86. The van der Waals surface area contributed by atoms with Crippen molar-refractivity contribution in [2.45, 2.75) is 31.3 Å². The van der Waals surface area contributed by atoms with Gasteiger partial charge in [-0.1, -0.05) is 29.3 Å². The lowest BCUT2D eigenvalue weighted by Gasteiger charge is -2.31. The molecule has 0 atom stereocenters.